The van der Waals surface area contributed by atoms with Crippen LogP contribution in [0.4, 0.5) is 4.79 Å². The van der Waals surface area contributed by atoms with Crippen LogP contribution in [0, 0.1) is 5.92 Å². The first kappa shape index (κ1) is 14.6. The van der Waals surface area contributed by atoms with Crippen LogP contribution in [0.2, 0.25) is 0 Å². The molecule has 1 heterocycles. The Morgan fingerprint density at radius 1 is 1.50 bits per heavy atom. The molecule has 6 heteroatoms. The van der Waals surface area contributed by atoms with Gasteiger partial charge in [0.15, 0.2) is 0 Å². The van der Waals surface area contributed by atoms with Crippen molar-refractivity contribution in [1.29, 1.82) is 0 Å². The molecule has 20 heavy (non-hydrogen) atoms. The quantitative estimate of drug-likeness (QED) is 0.590. The minimum Gasteiger partial charge on any atom is -0.351 e. The summed E-state index contributed by atoms with van der Waals surface area (Å²) in [5.74, 6) is -0.0342. The molecule has 1 spiro atoms. The highest BCUT2D eigenvalue weighted by Gasteiger charge is 2.52. The molecule has 2 rings (SSSR count). The zero-order valence-corrected chi connectivity index (χ0v) is 11.8. The average Bonchev–Trinajstić information content (AvgIpc) is 2.65. The number of nitrogens with zero attached hydrogens (tertiary/aromatic N) is 1. The fourth-order valence-corrected chi connectivity index (χ4v) is 2.80. The van der Waals surface area contributed by atoms with Gasteiger partial charge in [0.1, 0.15) is 12.1 Å². The van der Waals surface area contributed by atoms with Crippen molar-refractivity contribution in [3.05, 3.63) is 12.7 Å². The zero-order valence-electron chi connectivity index (χ0n) is 11.8. The monoisotopic (exact) mass is 279 g/mol. The number of hydrogen-bond donors (Lipinski definition) is 2. The van der Waals surface area contributed by atoms with Gasteiger partial charge in [0.2, 0.25) is 5.91 Å². The van der Waals surface area contributed by atoms with Crippen LogP contribution in [0.5, 0.6) is 0 Å². The van der Waals surface area contributed by atoms with E-state index in [1.165, 1.54) is 0 Å². The summed E-state index contributed by atoms with van der Waals surface area (Å²) in [4.78, 5) is 37.1. The van der Waals surface area contributed by atoms with Crippen molar-refractivity contribution in [3.8, 4) is 0 Å². The van der Waals surface area contributed by atoms with Crippen LogP contribution in [-0.2, 0) is 9.59 Å². The molecule has 1 saturated heterocycles. The Hall–Kier alpha value is -1.85. The molecule has 0 aromatic heterocycles. The van der Waals surface area contributed by atoms with Crippen LogP contribution in [-0.4, -0.2) is 41.4 Å². The molecule has 1 aliphatic carbocycles. The molecule has 110 valence electrons. The van der Waals surface area contributed by atoms with Crippen LogP contribution in [0.1, 0.15) is 32.6 Å². The summed E-state index contributed by atoms with van der Waals surface area (Å²) < 4.78 is 0. The van der Waals surface area contributed by atoms with E-state index >= 15 is 0 Å². The highest BCUT2D eigenvalue weighted by Crippen LogP contribution is 2.36. The van der Waals surface area contributed by atoms with E-state index in [2.05, 4.69) is 24.1 Å². The molecule has 0 bridgehead atoms. The van der Waals surface area contributed by atoms with Crippen molar-refractivity contribution in [2.45, 2.75) is 38.1 Å². The minimum atomic E-state index is -0.775. The van der Waals surface area contributed by atoms with E-state index in [9.17, 15) is 14.4 Å². The number of carbonyl (C=O) groups excluding carboxylic acids is 3. The van der Waals surface area contributed by atoms with Crippen molar-refractivity contribution in [2.24, 2.45) is 5.92 Å². The van der Waals surface area contributed by atoms with Crippen LogP contribution in [0.3, 0.4) is 0 Å². The predicted molar refractivity (Wildman–Crippen MR) is 73.8 cm³/mol. The van der Waals surface area contributed by atoms with Crippen molar-refractivity contribution in [2.75, 3.05) is 13.1 Å². The van der Waals surface area contributed by atoms with Gasteiger partial charge in [-0.15, -0.1) is 6.58 Å². The Morgan fingerprint density at radius 3 is 2.75 bits per heavy atom. The number of carbonyl (C=O) groups is 3. The highest BCUT2D eigenvalue weighted by atomic mass is 16.2. The van der Waals surface area contributed by atoms with Crippen molar-refractivity contribution < 1.29 is 14.4 Å². The van der Waals surface area contributed by atoms with Gasteiger partial charge in [0.05, 0.1) is 0 Å². The van der Waals surface area contributed by atoms with Crippen molar-refractivity contribution in [1.82, 2.24) is 15.5 Å². The Labute approximate surface area is 118 Å². The van der Waals surface area contributed by atoms with Crippen LogP contribution >= 0.6 is 0 Å². The number of nitrogens with one attached hydrogen (secondary N) is 2. The molecule has 0 unspecified atom stereocenters. The molecular formula is C14H21N3O3. The van der Waals surface area contributed by atoms with E-state index in [0.29, 0.717) is 25.3 Å². The van der Waals surface area contributed by atoms with E-state index in [0.717, 1.165) is 17.7 Å². The first-order valence-electron chi connectivity index (χ1n) is 7.00. The van der Waals surface area contributed by atoms with Gasteiger partial charge in [0, 0.05) is 6.54 Å². The molecule has 0 aromatic carbocycles. The maximum atomic E-state index is 12.5. The van der Waals surface area contributed by atoms with Gasteiger partial charge in [-0.25, -0.2) is 4.79 Å². The molecule has 2 aliphatic rings. The number of hydrogen-bond acceptors (Lipinski definition) is 3. The second-order valence-corrected chi connectivity index (χ2v) is 5.68. The van der Waals surface area contributed by atoms with E-state index in [1.54, 1.807) is 6.08 Å². The Bertz CT molecular complexity index is 439. The second kappa shape index (κ2) is 5.64. The normalized spacial score (nSPS) is 29.4. The first-order valence-corrected chi connectivity index (χ1v) is 7.00. The molecule has 1 saturated carbocycles. The number of imide groups is 1. The largest absolute Gasteiger partial charge is 0.351 e. The lowest BCUT2D eigenvalue weighted by atomic mass is 9.77. The summed E-state index contributed by atoms with van der Waals surface area (Å²) in [7, 11) is 0. The first-order chi connectivity index (χ1) is 9.48. The third kappa shape index (κ3) is 2.69. The van der Waals surface area contributed by atoms with Gasteiger partial charge in [-0.2, -0.15) is 0 Å². The lowest BCUT2D eigenvalue weighted by molar-refractivity contribution is -0.136. The topological polar surface area (TPSA) is 78.5 Å². The number of rotatable bonds is 4. The van der Waals surface area contributed by atoms with Gasteiger partial charge in [-0.05, 0) is 31.6 Å². The molecule has 0 atom stereocenters. The zero-order chi connectivity index (χ0) is 14.8. The minimum absolute atomic E-state index is 0.226. The van der Waals surface area contributed by atoms with Crippen LogP contribution in [0.25, 0.3) is 0 Å². The molecule has 0 radical (unpaired) electrons. The summed E-state index contributed by atoms with van der Waals surface area (Å²) in [6.45, 7) is 5.74. The molecule has 4 amide bonds. The number of amides is 4. The molecular weight excluding hydrogens is 258 g/mol. The fourth-order valence-electron chi connectivity index (χ4n) is 2.80. The van der Waals surface area contributed by atoms with Gasteiger partial charge in [-0.3, -0.25) is 14.5 Å². The third-order valence-electron chi connectivity index (χ3n) is 4.12. The van der Waals surface area contributed by atoms with E-state index in [1.807, 2.05) is 0 Å². The van der Waals surface area contributed by atoms with E-state index in [-0.39, 0.29) is 18.4 Å². The second-order valence-electron chi connectivity index (χ2n) is 5.68. The van der Waals surface area contributed by atoms with Crippen molar-refractivity contribution in [3.63, 3.8) is 0 Å². The third-order valence-corrected chi connectivity index (χ3v) is 4.12. The number of urea groups is 1. The maximum Gasteiger partial charge on any atom is 0.325 e. The molecule has 2 fully saturated rings. The fraction of sp³-hybridized carbons (Fsp3) is 0.643. The SMILES string of the molecule is C=CCNC(=O)CN1C(=O)NC2(CCC(C)CC2)C1=O. The maximum absolute atomic E-state index is 12.5. The molecule has 1 aliphatic heterocycles. The summed E-state index contributed by atoms with van der Waals surface area (Å²) in [6, 6.07) is -0.460. The average molecular weight is 279 g/mol. The Balaban J connectivity index is 2.02. The van der Waals surface area contributed by atoms with Gasteiger partial charge in [0.25, 0.3) is 5.91 Å². The standard InChI is InChI=1S/C14H21N3O3/c1-3-8-15-11(18)9-17-12(19)14(16-13(17)20)6-4-10(2)5-7-14/h3,10H,1,4-9H2,2H3,(H,15,18)(H,16,20). The molecule has 6 nitrogen and oxygen atoms in total. The van der Waals surface area contributed by atoms with Crippen LogP contribution in [0.15, 0.2) is 12.7 Å². The summed E-state index contributed by atoms with van der Waals surface area (Å²) in [5, 5.41) is 5.36. The van der Waals surface area contributed by atoms with Gasteiger partial charge in [-0.1, -0.05) is 13.0 Å². The summed E-state index contributed by atoms with van der Waals surface area (Å²) in [5.41, 5.74) is -0.775. The lowest BCUT2D eigenvalue weighted by Crippen LogP contribution is -2.49. The van der Waals surface area contributed by atoms with E-state index in [4.69, 9.17) is 0 Å². The Morgan fingerprint density at radius 2 is 2.15 bits per heavy atom. The van der Waals surface area contributed by atoms with Crippen LogP contribution < -0.4 is 10.6 Å². The highest BCUT2D eigenvalue weighted by molar-refractivity contribution is 6.09. The lowest BCUT2D eigenvalue weighted by Gasteiger charge is -2.33. The summed E-state index contributed by atoms with van der Waals surface area (Å²) >= 11 is 0. The van der Waals surface area contributed by atoms with Crippen molar-refractivity contribution >= 4 is 17.8 Å². The Kier molecular flexibility index (Phi) is 4.11. The van der Waals surface area contributed by atoms with Gasteiger partial charge < -0.3 is 10.6 Å². The predicted octanol–water partition coefficient (Wildman–Crippen LogP) is 0.789. The molecule has 0 aromatic rings. The van der Waals surface area contributed by atoms with E-state index < -0.39 is 11.6 Å². The summed E-state index contributed by atoms with van der Waals surface area (Å²) in [6.07, 6.45) is 4.70. The molecule has 2 N–H and O–H groups in total. The smallest absolute Gasteiger partial charge is 0.325 e. The van der Waals surface area contributed by atoms with Gasteiger partial charge >= 0.3 is 6.03 Å².